The third-order valence-corrected chi connectivity index (χ3v) is 3.11. The molecule has 2 amide bonds. The second-order valence-corrected chi connectivity index (χ2v) is 4.82. The second kappa shape index (κ2) is 7.79. The minimum atomic E-state index is -0.487. The Bertz CT molecular complexity index is 659. The Labute approximate surface area is 133 Å². The van der Waals surface area contributed by atoms with Crippen LogP contribution in [0.5, 0.6) is 5.75 Å². The average Bonchev–Trinajstić information content (AvgIpc) is 2.56. The quantitative estimate of drug-likeness (QED) is 0.655. The summed E-state index contributed by atoms with van der Waals surface area (Å²) < 4.78 is 5.52. The van der Waals surface area contributed by atoms with Gasteiger partial charge in [0.05, 0.1) is 11.5 Å². The number of nitrogens with zero attached hydrogens (tertiary/aromatic N) is 2. The van der Waals surface area contributed by atoms with E-state index in [1.807, 2.05) is 30.3 Å². The highest BCUT2D eigenvalue weighted by molar-refractivity contribution is 5.89. The molecule has 2 aromatic rings. The van der Waals surface area contributed by atoms with Crippen molar-refractivity contribution in [2.45, 2.75) is 0 Å². The first-order chi connectivity index (χ1) is 11.1. The first-order valence-corrected chi connectivity index (χ1v) is 7.00. The molecular formula is C16H17N3O4. The fraction of sp³-hybridized carbons (Fsp3) is 0.188. The first-order valence-electron chi connectivity index (χ1n) is 7.00. The van der Waals surface area contributed by atoms with E-state index in [0.29, 0.717) is 18.8 Å². The number of hydrogen-bond acceptors (Lipinski definition) is 4. The number of hydrogen-bond donors (Lipinski definition) is 1. The number of rotatable bonds is 6. The number of carbonyl (C=O) groups is 1. The van der Waals surface area contributed by atoms with E-state index < -0.39 is 4.92 Å². The minimum Gasteiger partial charge on any atom is -0.492 e. The summed E-state index contributed by atoms with van der Waals surface area (Å²) >= 11 is 0. The van der Waals surface area contributed by atoms with Crippen LogP contribution < -0.4 is 10.1 Å². The normalized spacial score (nSPS) is 9.96. The number of benzene rings is 2. The lowest BCUT2D eigenvalue weighted by atomic mass is 10.3. The predicted octanol–water partition coefficient (Wildman–Crippen LogP) is 3.14. The molecule has 1 N–H and O–H groups in total. The maximum Gasteiger partial charge on any atom is 0.321 e. The van der Waals surface area contributed by atoms with Crippen molar-refractivity contribution in [3.05, 3.63) is 64.7 Å². The van der Waals surface area contributed by atoms with Crippen molar-refractivity contribution in [2.75, 3.05) is 25.5 Å². The van der Waals surface area contributed by atoms with Crippen LogP contribution in [0.4, 0.5) is 16.2 Å². The lowest BCUT2D eigenvalue weighted by molar-refractivity contribution is -0.384. The zero-order chi connectivity index (χ0) is 16.7. The largest absolute Gasteiger partial charge is 0.492 e. The standard InChI is InChI=1S/C16H17N3O4/c1-18(11-12-23-15-5-3-2-4-6-15)16(20)17-13-7-9-14(10-8-13)19(21)22/h2-10H,11-12H2,1H3,(H,17,20). The number of anilines is 1. The van der Waals surface area contributed by atoms with Gasteiger partial charge in [0.15, 0.2) is 0 Å². The molecule has 0 spiro atoms. The number of ether oxygens (including phenoxy) is 1. The van der Waals surface area contributed by atoms with E-state index in [1.165, 1.54) is 29.2 Å². The van der Waals surface area contributed by atoms with Crippen molar-refractivity contribution in [3.63, 3.8) is 0 Å². The van der Waals surface area contributed by atoms with Crippen LogP contribution in [0.3, 0.4) is 0 Å². The van der Waals surface area contributed by atoms with Crippen molar-refractivity contribution in [3.8, 4) is 5.75 Å². The smallest absolute Gasteiger partial charge is 0.321 e. The Morgan fingerprint density at radius 1 is 1.17 bits per heavy atom. The summed E-state index contributed by atoms with van der Waals surface area (Å²) in [5.41, 5.74) is 0.476. The maximum absolute atomic E-state index is 12.0. The van der Waals surface area contributed by atoms with Crippen LogP contribution in [0.2, 0.25) is 0 Å². The maximum atomic E-state index is 12.0. The second-order valence-electron chi connectivity index (χ2n) is 4.82. The Kier molecular flexibility index (Phi) is 5.51. The van der Waals surface area contributed by atoms with E-state index in [4.69, 9.17) is 4.74 Å². The van der Waals surface area contributed by atoms with E-state index in [1.54, 1.807) is 7.05 Å². The molecule has 0 bridgehead atoms. The van der Waals surface area contributed by atoms with Gasteiger partial charge in [-0.3, -0.25) is 10.1 Å². The van der Waals surface area contributed by atoms with Gasteiger partial charge < -0.3 is 15.0 Å². The number of nitro groups is 1. The highest BCUT2D eigenvalue weighted by Crippen LogP contribution is 2.15. The molecule has 0 saturated carbocycles. The number of urea groups is 1. The van der Waals surface area contributed by atoms with E-state index in [9.17, 15) is 14.9 Å². The number of likely N-dealkylation sites (N-methyl/N-ethyl adjacent to an activating group) is 1. The Morgan fingerprint density at radius 3 is 2.43 bits per heavy atom. The van der Waals surface area contributed by atoms with Gasteiger partial charge in [-0.05, 0) is 24.3 Å². The highest BCUT2D eigenvalue weighted by Gasteiger charge is 2.10. The number of amides is 2. The fourth-order valence-electron chi connectivity index (χ4n) is 1.80. The molecule has 0 saturated heterocycles. The summed E-state index contributed by atoms with van der Waals surface area (Å²) in [5.74, 6) is 0.747. The topological polar surface area (TPSA) is 84.7 Å². The lowest BCUT2D eigenvalue weighted by Crippen LogP contribution is -2.34. The molecular weight excluding hydrogens is 298 g/mol. The molecule has 0 unspecified atom stereocenters. The number of para-hydroxylation sites is 1. The van der Waals surface area contributed by atoms with Crippen LogP contribution in [0.15, 0.2) is 54.6 Å². The third-order valence-electron chi connectivity index (χ3n) is 3.11. The van der Waals surface area contributed by atoms with E-state index in [2.05, 4.69) is 5.32 Å². The summed E-state index contributed by atoms with van der Waals surface area (Å²) in [4.78, 5) is 23.6. The summed E-state index contributed by atoms with van der Waals surface area (Å²) in [6, 6.07) is 14.7. The van der Waals surface area contributed by atoms with Crippen molar-refractivity contribution in [2.24, 2.45) is 0 Å². The van der Waals surface area contributed by atoms with E-state index >= 15 is 0 Å². The van der Waals surface area contributed by atoms with Gasteiger partial charge in [-0.2, -0.15) is 0 Å². The molecule has 7 nitrogen and oxygen atoms in total. The summed E-state index contributed by atoms with van der Waals surface area (Å²) in [7, 11) is 1.65. The van der Waals surface area contributed by atoms with Gasteiger partial charge in [0.25, 0.3) is 5.69 Å². The average molecular weight is 315 g/mol. The van der Waals surface area contributed by atoms with E-state index in [0.717, 1.165) is 5.75 Å². The van der Waals surface area contributed by atoms with Gasteiger partial charge in [-0.25, -0.2) is 4.79 Å². The highest BCUT2D eigenvalue weighted by atomic mass is 16.6. The summed E-state index contributed by atoms with van der Waals surface area (Å²) in [6.45, 7) is 0.780. The molecule has 0 aromatic heterocycles. The number of nitro benzene ring substituents is 1. The SMILES string of the molecule is CN(CCOc1ccccc1)C(=O)Nc1ccc([N+](=O)[O-])cc1. The molecule has 2 aromatic carbocycles. The number of carbonyl (C=O) groups excluding carboxylic acids is 1. The van der Waals surface area contributed by atoms with Crippen LogP contribution in [0.1, 0.15) is 0 Å². The van der Waals surface area contributed by atoms with E-state index in [-0.39, 0.29) is 11.7 Å². The number of non-ortho nitro benzene ring substituents is 1. The Morgan fingerprint density at radius 2 is 1.83 bits per heavy atom. The van der Waals surface area contributed by atoms with Crippen LogP contribution in [-0.4, -0.2) is 36.1 Å². The Hall–Kier alpha value is -3.09. The molecule has 0 aliphatic carbocycles. The molecule has 23 heavy (non-hydrogen) atoms. The van der Waals surface area contributed by atoms with Crippen molar-refractivity contribution < 1.29 is 14.5 Å². The lowest BCUT2D eigenvalue weighted by Gasteiger charge is -2.18. The molecule has 0 aliphatic heterocycles. The molecule has 2 rings (SSSR count). The predicted molar refractivity (Wildman–Crippen MR) is 86.7 cm³/mol. The summed E-state index contributed by atoms with van der Waals surface area (Å²) in [5, 5.41) is 13.2. The van der Waals surface area contributed by atoms with Gasteiger partial charge in [-0.15, -0.1) is 0 Å². The van der Waals surface area contributed by atoms with Crippen LogP contribution >= 0.6 is 0 Å². The van der Waals surface area contributed by atoms with Crippen LogP contribution in [-0.2, 0) is 0 Å². The molecule has 0 heterocycles. The summed E-state index contributed by atoms with van der Waals surface area (Å²) in [6.07, 6.45) is 0. The van der Waals surface area contributed by atoms with Gasteiger partial charge >= 0.3 is 6.03 Å². The van der Waals surface area contributed by atoms with Crippen LogP contribution in [0.25, 0.3) is 0 Å². The molecule has 0 atom stereocenters. The monoisotopic (exact) mass is 315 g/mol. The van der Waals surface area contributed by atoms with Gasteiger partial charge in [-0.1, -0.05) is 18.2 Å². The van der Waals surface area contributed by atoms with Gasteiger partial charge in [0.1, 0.15) is 12.4 Å². The minimum absolute atomic E-state index is 0.0207. The van der Waals surface area contributed by atoms with Crippen molar-refractivity contribution in [1.82, 2.24) is 4.90 Å². The van der Waals surface area contributed by atoms with Crippen LogP contribution in [0, 0.1) is 10.1 Å². The van der Waals surface area contributed by atoms with Gasteiger partial charge in [0.2, 0.25) is 0 Å². The van der Waals surface area contributed by atoms with Crippen molar-refractivity contribution >= 4 is 17.4 Å². The third kappa shape index (κ3) is 4.99. The molecule has 0 aliphatic rings. The molecule has 120 valence electrons. The van der Waals surface area contributed by atoms with Gasteiger partial charge in [0, 0.05) is 24.9 Å². The first kappa shape index (κ1) is 16.3. The molecule has 7 heteroatoms. The zero-order valence-electron chi connectivity index (χ0n) is 12.6. The zero-order valence-corrected chi connectivity index (χ0v) is 12.6. The molecule has 0 fully saturated rings. The van der Waals surface area contributed by atoms with Crippen molar-refractivity contribution in [1.29, 1.82) is 0 Å². The Balaban J connectivity index is 1.79. The number of nitrogens with one attached hydrogen (secondary N) is 1. The molecule has 0 radical (unpaired) electrons. The fourth-order valence-corrected chi connectivity index (χ4v) is 1.80.